The molecular weight excluding hydrogens is 677 g/mol. The van der Waals surface area contributed by atoms with E-state index in [9.17, 15) is 0 Å². The normalized spacial score (nSPS) is 11.4. The number of nitrogens with zero attached hydrogens (tertiary/aromatic N) is 2. The predicted molar refractivity (Wildman–Crippen MR) is 241 cm³/mol. The molecule has 8 aromatic carbocycles. The van der Waals surface area contributed by atoms with E-state index < -0.39 is 0 Å². The smallest absolute Gasteiger partial charge is 0.0462 e. The SMILES string of the molecule is C(C=Cc1ccc(N(c2ccccc2)c2ccc(-c3ccc(N(c4ccccc4)c4ccc(C=Cc5ccccc5)cc4)cc3)cc2)cc1)=Cc1ccccc1. The van der Waals surface area contributed by atoms with Gasteiger partial charge in [-0.3, -0.25) is 0 Å². The molecule has 0 fully saturated rings. The van der Waals surface area contributed by atoms with Crippen molar-refractivity contribution in [2.45, 2.75) is 0 Å². The minimum atomic E-state index is 1.10. The lowest BCUT2D eigenvalue weighted by atomic mass is 10.0. The summed E-state index contributed by atoms with van der Waals surface area (Å²) in [5, 5.41) is 0. The fourth-order valence-electron chi connectivity index (χ4n) is 6.78. The van der Waals surface area contributed by atoms with E-state index in [2.05, 4.69) is 253 Å². The zero-order valence-corrected chi connectivity index (χ0v) is 31.1. The molecule has 2 heteroatoms. The third kappa shape index (κ3) is 8.85. The summed E-state index contributed by atoms with van der Waals surface area (Å²) in [5.74, 6) is 0. The molecule has 0 atom stereocenters. The van der Waals surface area contributed by atoms with Crippen LogP contribution in [0.4, 0.5) is 34.1 Å². The van der Waals surface area contributed by atoms with Gasteiger partial charge in [-0.1, -0.05) is 182 Å². The van der Waals surface area contributed by atoms with E-state index in [0.29, 0.717) is 0 Å². The van der Waals surface area contributed by atoms with Gasteiger partial charge < -0.3 is 9.80 Å². The van der Waals surface area contributed by atoms with Crippen molar-refractivity contribution in [2.75, 3.05) is 9.80 Å². The maximum atomic E-state index is 2.30. The van der Waals surface area contributed by atoms with E-state index in [-0.39, 0.29) is 0 Å². The van der Waals surface area contributed by atoms with Gasteiger partial charge in [0.05, 0.1) is 0 Å². The van der Waals surface area contributed by atoms with E-state index in [1.165, 1.54) is 16.7 Å². The molecule has 0 N–H and O–H groups in total. The average molecular weight is 719 g/mol. The van der Waals surface area contributed by atoms with Crippen LogP contribution in [0.3, 0.4) is 0 Å². The van der Waals surface area contributed by atoms with Crippen LogP contribution in [0.25, 0.3) is 35.4 Å². The number of anilines is 6. The summed E-state index contributed by atoms with van der Waals surface area (Å²) in [4.78, 5) is 4.61. The Balaban J connectivity index is 1.01. The maximum Gasteiger partial charge on any atom is 0.0462 e. The first-order valence-corrected chi connectivity index (χ1v) is 19.0. The second-order valence-electron chi connectivity index (χ2n) is 13.5. The third-order valence-electron chi connectivity index (χ3n) is 9.67. The first-order valence-electron chi connectivity index (χ1n) is 19.0. The Labute approximate surface area is 330 Å². The van der Waals surface area contributed by atoms with Crippen LogP contribution in [-0.2, 0) is 0 Å². The third-order valence-corrected chi connectivity index (χ3v) is 9.67. The van der Waals surface area contributed by atoms with Crippen LogP contribution in [0.1, 0.15) is 22.3 Å². The topological polar surface area (TPSA) is 6.48 Å². The Morgan fingerprint density at radius 1 is 0.214 bits per heavy atom. The lowest BCUT2D eigenvalue weighted by Crippen LogP contribution is -2.10. The summed E-state index contributed by atoms with van der Waals surface area (Å²) in [6.07, 6.45) is 12.7. The monoisotopic (exact) mass is 718 g/mol. The molecule has 0 aliphatic heterocycles. The number of hydrogen-bond acceptors (Lipinski definition) is 2. The Morgan fingerprint density at radius 2 is 0.464 bits per heavy atom. The van der Waals surface area contributed by atoms with E-state index in [4.69, 9.17) is 0 Å². The zero-order chi connectivity index (χ0) is 37.8. The number of allylic oxidation sites excluding steroid dienone is 2. The van der Waals surface area contributed by atoms with Crippen LogP contribution in [0.15, 0.2) is 231 Å². The lowest BCUT2D eigenvalue weighted by Gasteiger charge is -2.26. The van der Waals surface area contributed by atoms with Gasteiger partial charge in [0.25, 0.3) is 0 Å². The van der Waals surface area contributed by atoms with Crippen molar-refractivity contribution in [3.63, 3.8) is 0 Å². The van der Waals surface area contributed by atoms with Crippen molar-refractivity contribution in [1.82, 2.24) is 0 Å². The zero-order valence-electron chi connectivity index (χ0n) is 31.1. The molecule has 0 amide bonds. The average Bonchev–Trinajstić information content (AvgIpc) is 3.28. The van der Waals surface area contributed by atoms with Crippen molar-refractivity contribution in [3.8, 4) is 11.1 Å². The molecule has 0 aliphatic rings. The van der Waals surface area contributed by atoms with Gasteiger partial charge in [-0.25, -0.2) is 0 Å². The van der Waals surface area contributed by atoms with Crippen molar-refractivity contribution < 1.29 is 0 Å². The minimum Gasteiger partial charge on any atom is -0.311 e. The second-order valence-corrected chi connectivity index (χ2v) is 13.5. The Bertz CT molecular complexity index is 2500. The van der Waals surface area contributed by atoms with Gasteiger partial charge in [-0.15, -0.1) is 0 Å². The Hall–Kier alpha value is -7.42. The summed E-state index contributed by atoms with van der Waals surface area (Å²) in [6.45, 7) is 0. The largest absolute Gasteiger partial charge is 0.311 e. The van der Waals surface area contributed by atoms with E-state index in [0.717, 1.165) is 50.8 Å². The number of hydrogen-bond donors (Lipinski definition) is 0. The first-order chi connectivity index (χ1) is 27.8. The molecule has 0 saturated carbocycles. The van der Waals surface area contributed by atoms with Gasteiger partial charge in [0.15, 0.2) is 0 Å². The van der Waals surface area contributed by atoms with Crippen LogP contribution < -0.4 is 9.80 Å². The quantitative estimate of drug-likeness (QED) is 0.0917. The Morgan fingerprint density at radius 3 is 0.821 bits per heavy atom. The highest BCUT2D eigenvalue weighted by Gasteiger charge is 2.14. The summed E-state index contributed by atoms with van der Waals surface area (Å²) in [5.41, 5.74) is 13.7. The highest BCUT2D eigenvalue weighted by Crippen LogP contribution is 2.38. The standard InChI is InChI=1S/C54H42N2/c1-5-15-43(16-6-1)19-13-14-20-45-27-35-51(36-28-45)55(49-21-9-3-10-22-49)53-39-31-47(32-40-53)48-33-41-54(42-34-48)56(50-23-11-4-12-24-50)52-37-29-46(30-38-52)26-25-44-17-7-2-8-18-44/h1-42H. The highest BCUT2D eigenvalue weighted by atomic mass is 15.1. The Kier molecular flexibility index (Phi) is 11.2. The molecule has 0 spiro atoms. The van der Waals surface area contributed by atoms with Crippen molar-refractivity contribution in [2.24, 2.45) is 0 Å². The number of benzene rings is 8. The van der Waals surface area contributed by atoms with Gasteiger partial charge in [-0.2, -0.15) is 0 Å². The molecule has 0 heterocycles. The van der Waals surface area contributed by atoms with Crippen molar-refractivity contribution in [3.05, 3.63) is 253 Å². The highest BCUT2D eigenvalue weighted by molar-refractivity contribution is 5.81. The summed E-state index contributed by atoms with van der Waals surface area (Å²) < 4.78 is 0. The molecule has 56 heavy (non-hydrogen) atoms. The minimum absolute atomic E-state index is 1.10. The van der Waals surface area contributed by atoms with Crippen LogP contribution in [0.5, 0.6) is 0 Å². The van der Waals surface area contributed by atoms with Crippen LogP contribution in [0, 0.1) is 0 Å². The summed E-state index contributed by atoms with van der Waals surface area (Å²) in [6, 6.07) is 77.0. The first kappa shape index (κ1) is 35.6. The summed E-state index contributed by atoms with van der Waals surface area (Å²) in [7, 11) is 0. The van der Waals surface area contributed by atoms with Gasteiger partial charge in [0.2, 0.25) is 0 Å². The van der Waals surface area contributed by atoms with Crippen LogP contribution in [-0.4, -0.2) is 0 Å². The molecule has 0 bridgehead atoms. The predicted octanol–water partition coefficient (Wildman–Crippen LogP) is 15.2. The van der Waals surface area contributed by atoms with Crippen LogP contribution >= 0.6 is 0 Å². The van der Waals surface area contributed by atoms with Gasteiger partial charge in [0, 0.05) is 34.1 Å². The number of para-hydroxylation sites is 2. The molecule has 0 radical (unpaired) electrons. The molecule has 0 saturated heterocycles. The van der Waals surface area contributed by atoms with Crippen molar-refractivity contribution >= 4 is 58.4 Å². The number of rotatable bonds is 12. The van der Waals surface area contributed by atoms with Crippen LogP contribution in [0.2, 0.25) is 0 Å². The fraction of sp³-hybridized carbons (Fsp3) is 0. The molecule has 8 rings (SSSR count). The maximum absolute atomic E-state index is 2.30. The second kappa shape index (κ2) is 17.6. The van der Waals surface area contributed by atoms with Gasteiger partial charge in [-0.05, 0) is 106 Å². The summed E-state index contributed by atoms with van der Waals surface area (Å²) >= 11 is 0. The molecule has 268 valence electrons. The van der Waals surface area contributed by atoms with E-state index >= 15 is 0 Å². The molecule has 0 aliphatic carbocycles. The van der Waals surface area contributed by atoms with Gasteiger partial charge in [0.1, 0.15) is 0 Å². The molecule has 2 nitrogen and oxygen atoms in total. The fourth-order valence-corrected chi connectivity index (χ4v) is 6.78. The molecule has 0 unspecified atom stereocenters. The van der Waals surface area contributed by atoms with E-state index in [1.807, 2.05) is 12.1 Å². The van der Waals surface area contributed by atoms with E-state index in [1.54, 1.807) is 0 Å². The van der Waals surface area contributed by atoms with Crippen molar-refractivity contribution in [1.29, 1.82) is 0 Å². The molecular formula is C54H42N2. The molecule has 8 aromatic rings. The lowest BCUT2D eigenvalue weighted by molar-refractivity contribution is 1.28. The molecule has 0 aromatic heterocycles. The van der Waals surface area contributed by atoms with Gasteiger partial charge >= 0.3 is 0 Å².